The molecule has 3 aromatic carbocycles. The Morgan fingerprint density at radius 2 is 1.42 bits per heavy atom. The van der Waals surface area contributed by atoms with Gasteiger partial charge in [0.25, 0.3) is 0 Å². The Morgan fingerprint density at radius 3 is 2.12 bits per heavy atom. The molecule has 120 valence electrons. The van der Waals surface area contributed by atoms with Crippen LogP contribution in [0.2, 0.25) is 15.1 Å². The van der Waals surface area contributed by atoms with E-state index >= 15 is 0 Å². The van der Waals surface area contributed by atoms with Crippen LogP contribution in [0.1, 0.15) is 15.9 Å². The second-order valence-electron chi connectivity index (χ2n) is 5.14. The first-order valence-electron chi connectivity index (χ1n) is 7.05. The van der Waals surface area contributed by atoms with E-state index in [1.807, 2.05) is 6.07 Å². The van der Waals surface area contributed by atoms with Crippen molar-refractivity contribution in [2.75, 3.05) is 0 Å². The third-order valence-electron chi connectivity index (χ3n) is 3.63. The van der Waals surface area contributed by atoms with Crippen LogP contribution >= 0.6 is 34.8 Å². The van der Waals surface area contributed by atoms with Gasteiger partial charge in [0, 0.05) is 21.7 Å². The van der Waals surface area contributed by atoms with Crippen LogP contribution in [0.4, 0.5) is 0 Å². The van der Waals surface area contributed by atoms with Gasteiger partial charge in [-0.1, -0.05) is 59.1 Å². The van der Waals surface area contributed by atoms with Crippen molar-refractivity contribution < 1.29 is 9.90 Å². The van der Waals surface area contributed by atoms with Gasteiger partial charge >= 0.3 is 0 Å². The van der Waals surface area contributed by atoms with Crippen molar-refractivity contribution in [1.82, 2.24) is 0 Å². The molecular weight excluding hydrogens is 367 g/mol. The lowest BCUT2D eigenvalue weighted by atomic mass is 9.94. The normalized spacial score (nSPS) is 10.6. The number of phenols is 1. The van der Waals surface area contributed by atoms with E-state index in [4.69, 9.17) is 34.8 Å². The first-order valence-corrected chi connectivity index (χ1v) is 8.19. The molecule has 0 aliphatic rings. The minimum Gasteiger partial charge on any atom is -0.506 e. The first-order chi connectivity index (χ1) is 11.5. The fraction of sp³-hybridized carbons (Fsp3) is 0. The fourth-order valence-corrected chi connectivity index (χ4v) is 2.97. The average molecular weight is 378 g/mol. The fourth-order valence-electron chi connectivity index (χ4n) is 2.42. The zero-order chi connectivity index (χ0) is 17.3. The van der Waals surface area contributed by atoms with Gasteiger partial charge in [-0.25, -0.2) is 0 Å². The zero-order valence-corrected chi connectivity index (χ0v) is 14.5. The molecule has 0 radical (unpaired) electrons. The molecule has 3 aromatic rings. The second-order valence-corrected chi connectivity index (χ2v) is 6.33. The molecule has 0 atom stereocenters. The van der Waals surface area contributed by atoms with Gasteiger partial charge in [-0.15, -0.1) is 0 Å². The third kappa shape index (κ3) is 3.13. The number of carbonyl (C=O) groups is 1. The van der Waals surface area contributed by atoms with Crippen LogP contribution in [0.25, 0.3) is 11.1 Å². The number of benzene rings is 3. The van der Waals surface area contributed by atoms with Gasteiger partial charge in [-0.2, -0.15) is 0 Å². The Labute approximate surface area is 154 Å². The lowest BCUT2D eigenvalue weighted by Gasteiger charge is -2.12. The molecule has 0 aromatic heterocycles. The van der Waals surface area contributed by atoms with Gasteiger partial charge in [0.2, 0.25) is 0 Å². The summed E-state index contributed by atoms with van der Waals surface area (Å²) in [5, 5.41) is 10.5. The molecule has 0 saturated carbocycles. The molecule has 24 heavy (non-hydrogen) atoms. The molecule has 3 rings (SSSR count). The standard InChI is InChI=1S/C19H11Cl3O2/c20-12-7-5-11(6-8-12)19(24)15-4-2-1-3-13(15)14-9-10-16(23)18(22)17(14)21/h1-10,23H. The van der Waals surface area contributed by atoms with Crippen LogP contribution < -0.4 is 0 Å². The van der Waals surface area contributed by atoms with Crippen LogP contribution in [0.15, 0.2) is 60.7 Å². The molecule has 5 heteroatoms. The number of carbonyl (C=O) groups excluding carboxylic acids is 1. The van der Waals surface area contributed by atoms with Crippen molar-refractivity contribution in [2.24, 2.45) is 0 Å². The van der Waals surface area contributed by atoms with Crippen molar-refractivity contribution in [1.29, 1.82) is 0 Å². The van der Waals surface area contributed by atoms with E-state index in [1.165, 1.54) is 6.07 Å². The van der Waals surface area contributed by atoms with E-state index in [0.717, 1.165) is 0 Å². The number of hydrogen-bond donors (Lipinski definition) is 1. The number of rotatable bonds is 3. The third-order valence-corrected chi connectivity index (χ3v) is 4.75. The van der Waals surface area contributed by atoms with Crippen LogP contribution in [0.3, 0.4) is 0 Å². The van der Waals surface area contributed by atoms with Gasteiger partial charge in [0.1, 0.15) is 10.8 Å². The number of hydrogen-bond acceptors (Lipinski definition) is 2. The Bertz CT molecular complexity index is 918. The summed E-state index contributed by atoms with van der Waals surface area (Å²) in [6.07, 6.45) is 0. The number of halogens is 3. The molecule has 0 spiro atoms. The Balaban J connectivity index is 2.14. The molecule has 0 aliphatic heterocycles. The highest BCUT2D eigenvalue weighted by Crippen LogP contribution is 2.40. The first kappa shape index (κ1) is 16.8. The SMILES string of the molecule is O=C(c1ccc(Cl)cc1)c1ccccc1-c1ccc(O)c(Cl)c1Cl. The minimum atomic E-state index is -0.150. The van der Waals surface area contributed by atoms with Gasteiger partial charge < -0.3 is 5.11 Å². The molecule has 0 aliphatic carbocycles. The molecule has 0 saturated heterocycles. The lowest BCUT2D eigenvalue weighted by Crippen LogP contribution is -2.03. The highest BCUT2D eigenvalue weighted by Gasteiger charge is 2.18. The Morgan fingerprint density at radius 1 is 0.750 bits per heavy atom. The van der Waals surface area contributed by atoms with Gasteiger partial charge in [0.15, 0.2) is 5.78 Å². The lowest BCUT2D eigenvalue weighted by molar-refractivity contribution is 0.103. The highest BCUT2D eigenvalue weighted by molar-refractivity contribution is 6.44. The van der Waals surface area contributed by atoms with E-state index < -0.39 is 0 Å². The predicted octanol–water partition coefficient (Wildman–Crippen LogP) is 6.25. The topological polar surface area (TPSA) is 37.3 Å². The predicted molar refractivity (Wildman–Crippen MR) is 98.4 cm³/mol. The van der Waals surface area contributed by atoms with Crippen molar-refractivity contribution >= 4 is 40.6 Å². The van der Waals surface area contributed by atoms with Crippen LogP contribution in [-0.2, 0) is 0 Å². The summed E-state index contributed by atoms with van der Waals surface area (Å²) in [7, 11) is 0. The van der Waals surface area contributed by atoms with Crippen LogP contribution in [0, 0.1) is 0 Å². The second kappa shape index (κ2) is 6.86. The monoisotopic (exact) mass is 376 g/mol. The number of phenolic OH excluding ortho intramolecular Hbond substituents is 1. The summed E-state index contributed by atoms with van der Waals surface area (Å²) in [6.45, 7) is 0. The Hall–Kier alpha value is -2.00. The Kier molecular flexibility index (Phi) is 4.81. The van der Waals surface area contributed by atoms with Crippen molar-refractivity contribution in [3.63, 3.8) is 0 Å². The summed E-state index contributed by atoms with van der Waals surface area (Å²) in [4.78, 5) is 12.8. The summed E-state index contributed by atoms with van der Waals surface area (Å²) in [5.74, 6) is -0.255. The molecule has 1 N–H and O–H groups in total. The zero-order valence-electron chi connectivity index (χ0n) is 12.3. The minimum absolute atomic E-state index is 0.0583. The maximum absolute atomic E-state index is 12.8. The van der Waals surface area contributed by atoms with E-state index in [2.05, 4.69) is 0 Å². The van der Waals surface area contributed by atoms with Crippen molar-refractivity contribution in [2.45, 2.75) is 0 Å². The smallest absolute Gasteiger partial charge is 0.193 e. The van der Waals surface area contributed by atoms with Crippen LogP contribution in [0.5, 0.6) is 5.75 Å². The average Bonchev–Trinajstić information content (AvgIpc) is 2.60. The largest absolute Gasteiger partial charge is 0.506 e. The van der Waals surface area contributed by atoms with Crippen molar-refractivity contribution in [3.05, 3.63) is 86.9 Å². The maximum atomic E-state index is 12.8. The van der Waals surface area contributed by atoms with E-state index in [9.17, 15) is 9.90 Å². The summed E-state index contributed by atoms with van der Waals surface area (Å²) >= 11 is 18.1. The highest BCUT2D eigenvalue weighted by atomic mass is 35.5. The van der Waals surface area contributed by atoms with E-state index in [0.29, 0.717) is 27.3 Å². The molecule has 0 unspecified atom stereocenters. The van der Waals surface area contributed by atoms with E-state index in [1.54, 1.807) is 48.5 Å². The summed E-state index contributed by atoms with van der Waals surface area (Å²) in [6, 6.07) is 16.9. The molecular formula is C19H11Cl3O2. The van der Waals surface area contributed by atoms with E-state index in [-0.39, 0.29) is 21.6 Å². The molecule has 0 bridgehead atoms. The van der Waals surface area contributed by atoms with Crippen LogP contribution in [-0.4, -0.2) is 10.9 Å². The van der Waals surface area contributed by atoms with Gasteiger partial charge in [-0.3, -0.25) is 4.79 Å². The summed E-state index contributed by atoms with van der Waals surface area (Å²) in [5.41, 5.74) is 2.23. The summed E-state index contributed by atoms with van der Waals surface area (Å²) < 4.78 is 0. The quantitative estimate of drug-likeness (QED) is 0.548. The van der Waals surface area contributed by atoms with Gasteiger partial charge in [-0.05, 0) is 42.0 Å². The molecule has 0 heterocycles. The molecule has 2 nitrogen and oxygen atoms in total. The van der Waals surface area contributed by atoms with Crippen molar-refractivity contribution in [3.8, 4) is 16.9 Å². The molecule has 0 fully saturated rings. The number of aromatic hydroxyl groups is 1. The van der Waals surface area contributed by atoms with Gasteiger partial charge in [0.05, 0.1) is 5.02 Å². The maximum Gasteiger partial charge on any atom is 0.193 e. The molecule has 0 amide bonds. The number of ketones is 1.